The zero-order valence-corrected chi connectivity index (χ0v) is 11.7. The molecular formula is C12H14ClN5O3. The Balaban J connectivity index is 1.91. The molecule has 0 saturated carbocycles. The lowest BCUT2D eigenvalue weighted by Gasteiger charge is -2.27. The summed E-state index contributed by atoms with van der Waals surface area (Å²) in [5.41, 5.74) is 4.93. The summed E-state index contributed by atoms with van der Waals surface area (Å²) in [6, 6.07) is 0. The predicted molar refractivity (Wildman–Crippen MR) is 76.6 cm³/mol. The molecule has 2 aliphatic rings. The summed E-state index contributed by atoms with van der Waals surface area (Å²) in [6.45, 7) is -0.111. The third-order valence-electron chi connectivity index (χ3n) is 3.73. The summed E-state index contributed by atoms with van der Waals surface area (Å²) in [5, 5.41) is 22.5. The molecule has 112 valence electrons. The molecule has 5 N–H and O–H groups in total. The van der Waals surface area contributed by atoms with Gasteiger partial charge in [-0.3, -0.25) is 0 Å². The number of aromatic nitrogens is 2. The number of ether oxygens (including phenoxy) is 1. The normalized spacial score (nSPS) is 30.9. The molecule has 0 bridgehead atoms. The van der Waals surface area contributed by atoms with Crippen molar-refractivity contribution in [3.05, 3.63) is 5.28 Å². The van der Waals surface area contributed by atoms with Gasteiger partial charge in [0.2, 0.25) is 5.28 Å². The molecule has 0 aromatic carbocycles. The average molecular weight is 312 g/mol. The fourth-order valence-corrected chi connectivity index (χ4v) is 2.72. The quantitative estimate of drug-likeness (QED) is 0.421. The first-order valence-corrected chi connectivity index (χ1v) is 6.66. The third-order valence-corrected chi connectivity index (χ3v) is 3.89. The Morgan fingerprint density at radius 1 is 1.62 bits per heavy atom. The van der Waals surface area contributed by atoms with E-state index in [4.69, 9.17) is 28.5 Å². The van der Waals surface area contributed by atoms with Crippen LogP contribution in [0.3, 0.4) is 0 Å². The number of halogens is 1. The first kappa shape index (κ1) is 14.2. The average Bonchev–Trinajstić information content (AvgIpc) is 3.00. The highest BCUT2D eigenvalue weighted by atomic mass is 35.5. The van der Waals surface area contributed by atoms with E-state index in [1.54, 1.807) is 4.90 Å². The summed E-state index contributed by atoms with van der Waals surface area (Å²) in [6.07, 6.45) is 4.08. The number of fused-ring (bicyclic) bond motifs is 1. The van der Waals surface area contributed by atoms with Crippen LogP contribution in [-0.2, 0) is 4.74 Å². The van der Waals surface area contributed by atoms with E-state index in [0.29, 0.717) is 18.2 Å². The lowest BCUT2D eigenvalue weighted by atomic mass is 9.99. The predicted octanol–water partition coefficient (Wildman–Crippen LogP) is -0.627. The van der Waals surface area contributed by atoms with Crippen molar-refractivity contribution in [3.8, 4) is 12.3 Å². The number of nitrogens with two attached hydrogens (primary N) is 1. The number of aliphatic hydroxyl groups is 2. The van der Waals surface area contributed by atoms with Gasteiger partial charge in [-0.25, -0.2) is 0 Å². The van der Waals surface area contributed by atoms with Crippen molar-refractivity contribution in [2.75, 3.05) is 29.2 Å². The number of aliphatic hydroxyl groups excluding tert-OH is 2. The van der Waals surface area contributed by atoms with Crippen LogP contribution in [-0.4, -0.2) is 51.4 Å². The van der Waals surface area contributed by atoms with E-state index in [9.17, 15) is 10.2 Å². The second-order valence-electron chi connectivity index (χ2n) is 4.90. The maximum Gasteiger partial charge on any atom is 0.226 e. The second kappa shape index (κ2) is 4.89. The summed E-state index contributed by atoms with van der Waals surface area (Å²) < 4.78 is 5.69. The van der Waals surface area contributed by atoms with E-state index in [0.717, 1.165) is 0 Å². The van der Waals surface area contributed by atoms with Crippen molar-refractivity contribution in [1.82, 2.24) is 9.97 Å². The zero-order valence-electron chi connectivity index (χ0n) is 11.0. The molecule has 3 atom stereocenters. The lowest BCUT2D eigenvalue weighted by Crippen LogP contribution is -2.43. The highest BCUT2D eigenvalue weighted by molar-refractivity contribution is 6.28. The molecule has 1 aromatic heterocycles. The van der Waals surface area contributed by atoms with Gasteiger partial charge in [-0.05, 0) is 11.6 Å². The second-order valence-corrected chi connectivity index (χ2v) is 5.24. The van der Waals surface area contributed by atoms with Crippen LogP contribution in [0.15, 0.2) is 0 Å². The minimum Gasteiger partial charge on any atom is -0.392 e. The summed E-state index contributed by atoms with van der Waals surface area (Å²) >= 11 is 5.82. The van der Waals surface area contributed by atoms with Gasteiger partial charge in [-0.1, -0.05) is 5.92 Å². The SMILES string of the molecule is C#C[C@]1(CO)O[C@@H](N2CNc3c(N)nc(Cl)nc32)C[C@@H]1O. The van der Waals surface area contributed by atoms with Gasteiger partial charge >= 0.3 is 0 Å². The number of nitrogens with one attached hydrogen (secondary N) is 1. The van der Waals surface area contributed by atoms with E-state index in [2.05, 4.69) is 21.2 Å². The van der Waals surface area contributed by atoms with Crippen LogP contribution < -0.4 is 16.0 Å². The number of nitrogen functional groups attached to an aromatic ring is 1. The molecule has 3 heterocycles. The number of hydrogen-bond acceptors (Lipinski definition) is 8. The molecule has 0 amide bonds. The standard InChI is InChI=1S/C12H14ClN5O3/c1-2-12(4-19)6(20)3-7(21-12)18-5-15-8-9(14)16-11(13)17-10(8)18/h1,6-7,15,19-20H,3-5H2,(H2,14,16,17)/t6-,7+,12+/m0/s1. The largest absolute Gasteiger partial charge is 0.392 e. The van der Waals surface area contributed by atoms with Crippen molar-refractivity contribution in [2.45, 2.75) is 24.4 Å². The number of terminal acetylenes is 1. The van der Waals surface area contributed by atoms with Crippen LogP contribution in [0.25, 0.3) is 0 Å². The summed E-state index contributed by atoms with van der Waals surface area (Å²) in [5.74, 6) is 3.04. The van der Waals surface area contributed by atoms with Gasteiger partial charge in [0, 0.05) is 6.42 Å². The highest BCUT2D eigenvalue weighted by Gasteiger charge is 2.49. The van der Waals surface area contributed by atoms with Gasteiger partial charge in [0.1, 0.15) is 18.0 Å². The number of anilines is 3. The molecule has 21 heavy (non-hydrogen) atoms. The molecule has 0 aliphatic carbocycles. The van der Waals surface area contributed by atoms with Gasteiger partial charge in [-0.2, -0.15) is 9.97 Å². The summed E-state index contributed by atoms with van der Waals surface area (Å²) in [7, 11) is 0. The molecule has 1 aromatic rings. The monoisotopic (exact) mass is 311 g/mol. The first-order valence-electron chi connectivity index (χ1n) is 6.29. The molecule has 2 aliphatic heterocycles. The van der Waals surface area contributed by atoms with Gasteiger partial charge in [0.05, 0.1) is 13.3 Å². The van der Waals surface area contributed by atoms with Crippen molar-refractivity contribution < 1.29 is 14.9 Å². The van der Waals surface area contributed by atoms with E-state index < -0.39 is 24.5 Å². The van der Waals surface area contributed by atoms with Crippen molar-refractivity contribution >= 4 is 28.9 Å². The smallest absolute Gasteiger partial charge is 0.226 e. The molecule has 1 saturated heterocycles. The van der Waals surface area contributed by atoms with E-state index >= 15 is 0 Å². The van der Waals surface area contributed by atoms with E-state index in [1.165, 1.54) is 0 Å². The molecule has 9 heteroatoms. The number of rotatable bonds is 2. The molecule has 3 rings (SSSR count). The van der Waals surface area contributed by atoms with Gasteiger partial charge in [0.15, 0.2) is 17.2 Å². The Hall–Kier alpha value is -1.79. The van der Waals surface area contributed by atoms with Crippen molar-refractivity contribution in [1.29, 1.82) is 0 Å². The van der Waals surface area contributed by atoms with E-state index in [1.807, 2.05) is 0 Å². The van der Waals surface area contributed by atoms with Crippen LogP contribution >= 0.6 is 11.6 Å². The number of nitrogens with zero attached hydrogens (tertiary/aromatic N) is 3. The Kier molecular flexibility index (Phi) is 3.30. The number of hydrogen-bond donors (Lipinski definition) is 4. The highest BCUT2D eigenvalue weighted by Crippen LogP contribution is 2.40. The maximum absolute atomic E-state index is 10.1. The molecule has 0 unspecified atom stereocenters. The fourth-order valence-electron chi connectivity index (χ4n) is 2.55. The maximum atomic E-state index is 10.1. The van der Waals surface area contributed by atoms with Crippen LogP contribution in [0.5, 0.6) is 0 Å². The minimum atomic E-state index is -1.41. The first-order chi connectivity index (χ1) is 10.0. The molecule has 0 spiro atoms. The topological polar surface area (TPSA) is 117 Å². The molecule has 1 fully saturated rings. The zero-order chi connectivity index (χ0) is 15.2. The van der Waals surface area contributed by atoms with Crippen molar-refractivity contribution in [2.24, 2.45) is 0 Å². The third kappa shape index (κ3) is 2.06. The Bertz CT molecular complexity index is 622. The lowest BCUT2D eigenvalue weighted by molar-refractivity contribution is -0.0709. The van der Waals surface area contributed by atoms with E-state index in [-0.39, 0.29) is 17.5 Å². The van der Waals surface area contributed by atoms with Crippen LogP contribution in [0.1, 0.15) is 6.42 Å². The molecule has 0 radical (unpaired) electrons. The molecular weight excluding hydrogens is 298 g/mol. The fraction of sp³-hybridized carbons (Fsp3) is 0.500. The van der Waals surface area contributed by atoms with Crippen LogP contribution in [0.2, 0.25) is 5.28 Å². The Labute approximate surface area is 125 Å². The Morgan fingerprint density at radius 2 is 2.38 bits per heavy atom. The van der Waals surface area contributed by atoms with Gasteiger partial charge in [-0.15, -0.1) is 6.42 Å². The summed E-state index contributed by atoms with van der Waals surface area (Å²) in [4.78, 5) is 9.72. The van der Waals surface area contributed by atoms with Crippen LogP contribution in [0, 0.1) is 12.3 Å². The van der Waals surface area contributed by atoms with Gasteiger partial charge in [0.25, 0.3) is 0 Å². The Morgan fingerprint density at radius 3 is 3.00 bits per heavy atom. The molecule has 8 nitrogen and oxygen atoms in total. The van der Waals surface area contributed by atoms with Crippen molar-refractivity contribution in [3.63, 3.8) is 0 Å². The minimum absolute atomic E-state index is 0.0175. The van der Waals surface area contributed by atoms with Crippen LogP contribution in [0.4, 0.5) is 17.3 Å². The van der Waals surface area contributed by atoms with Gasteiger partial charge < -0.3 is 30.9 Å².